The molecule has 72 valence electrons. The van der Waals surface area contributed by atoms with E-state index in [4.69, 9.17) is 13.9 Å². The highest BCUT2D eigenvalue weighted by atomic mass is 28.4. The number of hydrogen-bond acceptors (Lipinski definition) is 3. The second kappa shape index (κ2) is 5.08. The molecule has 3 nitrogen and oxygen atoms in total. The van der Waals surface area contributed by atoms with Gasteiger partial charge in [-0.3, -0.25) is 0 Å². The molecule has 0 amide bonds. The molecule has 0 aliphatic carbocycles. The summed E-state index contributed by atoms with van der Waals surface area (Å²) in [5.74, 6) is 0.469. The van der Waals surface area contributed by atoms with Gasteiger partial charge in [-0.15, -0.1) is 0 Å². The standard InChI is InChI=1S/C8H18O3Si/c1-6-10-7-8(9-2)11-12(3,4)5/h7H,6H2,1-5H3. The van der Waals surface area contributed by atoms with E-state index >= 15 is 0 Å². The van der Waals surface area contributed by atoms with Crippen molar-refractivity contribution in [1.82, 2.24) is 0 Å². The summed E-state index contributed by atoms with van der Waals surface area (Å²) in [7, 11) is 0.00985. The third-order valence-electron chi connectivity index (χ3n) is 0.954. The second-order valence-electron chi connectivity index (χ2n) is 3.31. The van der Waals surface area contributed by atoms with Gasteiger partial charge < -0.3 is 13.9 Å². The Bertz CT molecular complexity index is 149. The number of methoxy groups -OCH3 is 1. The highest BCUT2D eigenvalue weighted by Gasteiger charge is 2.18. The molecule has 0 rings (SSSR count). The Labute approximate surface area is 75.4 Å². The molecule has 0 heterocycles. The van der Waals surface area contributed by atoms with Crippen LogP contribution in [-0.2, 0) is 13.9 Å². The smallest absolute Gasteiger partial charge is 0.301 e. The Morgan fingerprint density at radius 2 is 1.92 bits per heavy atom. The molecule has 0 spiro atoms. The highest BCUT2D eigenvalue weighted by Crippen LogP contribution is 2.10. The Balaban J connectivity index is 3.99. The summed E-state index contributed by atoms with van der Waals surface area (Å²) in [5, 5.41) is 0. The van der Waals surface area contributed by atoms with Crippen LogP contribution < -0.4 is 0 Å². The van der Waals surface area contributed by atoms with E-state index < -0.39 is 8.32 Å². The molecule has 0 aromatic rings. The van der Waals surface area contributed by atoms with Crippen molar-refractivity contribution in [3.05, 3.63) is 12.2 Å². The van der Waals surface area contributed by atoms with E-state index in [-0.39, 0.29) is 0 Å². The zero-order valence-corrected chi connectivity index (χ0v) is 9.51. The first-order chi connectivity index (χ1) is 5.49. The summed E-state index contributed by atoms with van der Waals surface area (Å²) in [4.78, 5) is 0. The molecule has 0 aromatic carbocycles. The predicted octanol–water partition coefficient (Wildman–Crippen LogP) is 2.32. The van der Waals surface area contributed by atoms with Gasteiger partial charge in [-0.25, -0.2) is 0 Å². The van der Waals surface area contributed by atoms with E-state index in [9.17, 15) is 0 Å². The largest absolute Gasteiger partial charge is 0.518 e. The molecule has 0 aliphatic heterocycles. The van der Waals surface area contributed by atoms with Gasteiger partial charge in [0.05, 0.1) is 13.7 Å². The van der Waals surface area contributed by atoms with Gasteiger partial charge in [0.1, 0.15) is 0 Å². The van der Waals surface area contributed by atoms with Crippen molar-refractivity contribution >= 4 is 8.32 Å². The van der Waals surface area contributed by atoms with E-state index in [1.165, 1.54) is 6.26 Å². The molecule has 0 bridgehead atoms. The van der Waals surface area contributed by atoms with Crippen molar-refractivity contribution in [2.45, 2.75) is 26.6 Å². The second-order valence-corrected chi connectivity index (χ2v) is 7.74. The van der Waals surface area contributed by atoms with Crippen molar-refractivity contribution in [2.24, 2.45) is 0 Å². The maximum absolute atomic E-state index is 5.54. The number of rotatable bonds is 5. The molecule has 0 atom stereocenters. The first-order valence-corrected chi connectivity index (χ1v) is 7.45. The molecule has 4 heteroatoms. The molecule has 0 aliphatic rings. The van der Waals surface area contributed by atoms with Crippen LogP contribution in [0.5, 0.6) is 0 Å². The van der Waals surface area contributed by atoms with Crippen LogP contribution in [0.25, 0.3) is 0 Å². The maximum Gasteiger partial charge on any atom is 0.301 e. The van der Waals surface area contributed by atoms with Crippen LogP contribution in [-0.4, -0.2) is 22.0 Å². The fourth-order valence-electron chi connectivity index (χ4n) is 0.567. The van der Waals surface area contributed by atoms with Crippen molar-refractivity contribution in [3.8, 4) is 0 Å². The van der Waals surface area contributed by atoms with E-state index in [2.05, 4.69) is 19.6 Å². The summed E-state index contributed by atoms with van der Waals surface area (Å²) < 4.78 is 15.6. The molecule has 0 unspecified atom stereocenters. The van der Waals surface area contributed by atoms with Crippen LogP contribution in [0, 0.1) is 0 Å². The Kier molecular flexibility index (Phi) is 4.81. The van der Waals surface area contributed by atoms with E-state index in [0.29, 0.717) is 12.6 Å². The van der Waals surface area contributed by atoms with Crippen LogP contribution in [0.2, 0.25) is 19.6 Å². The van der Waals surface area contributed by atoms with Gasteiger partial charge in [0, 0.05) is 0 Å². The lowest BCUT2D eigenvalue weighted by Gasteiger charge is -2.19. The molecular formula is C8H18O3Si. The SMILES string of the molecule is CCOC=C(OC)O[Si](C)(C)C. The molecule has 0 aromatic heterocycles. The number of hydrogen-bond donors (Lipinski definition) is 0. The van der Waals surface area contributed by atoms with Crippen molar-refractivity contribution in [1.29, 1.82) is 0 Å². The van der Waals surface area contributed by atoms with Crippen LogP contribution in [0.15, 0.2) is 12.2 Å². The van der Waals surface area contributed by atoms with Crippen molar-refractivity contribution in [3.63, 3.8) is 0 Å². The third kappa shape index (κ3) is 6.09. The van der Waals surface area contributed by atoms with Gasteiger partial charge in [0.2, 0.25) is 8.32 Å². The zero-order valence-electron chi connectivity index (χ0n) is 8.51. The molecule has 0 N–H and O–H groups in total. The topological polar surface area (TPSA) is 27.7 Å². The molecule has 0 saturated carbocycles. The average Bonchev–Trinajstić information content (AvgIpc) is 1.95. The molecule has 0 radical (unpaired) electrons. The Morgan fingerprint density at radius 1 is 1.33 bits per heavy atom. The maximum atomic E-state index is 5.54. The zero-order chi connectivity index (χ0) is 9.61. The first kappa shape index (κ1) is 11.4. The predicted molar refractivity (Wildman–Crippen MR) is 51.1 cm³/mol. The van der Waals surface area contributed by atoms with Crippen LogP contribution in [0.1, 0.15) is 6.92 Å². The summed E-state index contributed by atoms with van der Waals surface area (Å²) >= 11 is 0. The third-order valence-corrected chi connectivity index (χ3v) is 1.77. The summed E-state index contributed by atoms with van der Waals surface area (Å²) in [6.07, 6.45) is 1.51. The highest BCUT2D eigenvalue weighted by molar-refractivity contribution is 6.69. The minimum absolute atomic E-state index is 0.469. The summed E-state index contributed by atoms with van der Waals surface area (Å²) in [6, 6.07) is 0. The van der Waals surface area contributed by atoms with Gasteiger partial charge in [-0.05, 0) is 26.6 Å². The van der Waals surface area contributed by atoms with Gasteiger partial charge in [0.15, 0.2) is 6.26 Å². The minimum Gasteiger partial charge on any atom is -0.518 e. The average molecular weight is 190 g/mol. The summed E-state index contributed by atoms with van der Waals surface area (Å²) in [5.41, 5.74) is 0. The first-order valence-electron chi connectivity index (χ1n) is 4.04. The monoisotopic (exact) mass is 190 g/mol. The fraction of sp³-hybridized carbons (Fsp3) is 0.750. The minimum atomic E-state index is -1.56. The lowest BCUT2D eigenvalue weighted by molar-refractivity contribution is 0.119. The lowest BCUT2D eigenvalue weighted by Crippen LogP contribution is -2.25. The molecule has 0 saturated heterocycles. The molecular weight excluding hydrogens is 172 g/mol. The molecule has 0 fully saturated rings. The van der Waals surface area contributed by atoms with Crippen molar-refractivity contribution in [2.75, 3.05) is 13.7 Å². The molecule has 12 heavy (non-hydrogen) atoms. The Morgan fingerprint density at radius 3 is 2.25 bits per heavy atom. The quantitative estimate of drug-likeness (QED) is 0.492. The van der Waals surface area contributed by atoms with E-state index in [1.807, 2.05) is 6.92 Å². The number of ether oxygens (including phenoxy) is 2. The van der Waals surface area contributed by atoms with Gasteiger partial charge in [-0.1, -0.05) is 0 Å². The normalized spacial score (nSPS) is 12.6. The van der Waals surface area contributed by atoms with Gasteiger partial charge in [0.25, 0.3) is 0 Å². The Hall–Kier alpha value is -0.643. The van der Waals surface area contributed by atoms with Crippen LogP contribution >= 0.6 is 0 Å². The van der Waals surface area contributed by atoms with Gasteiger partial charge in [-0.2, -0.15) is 0 Å². The van der Waals surface area contributed by atoms with E-state index in [1.54, 1.807) is 7.11 Å². The van der Waals surface area contributed by atoms with Crippen LogP contribution in [0.3, 0.4) is 0 Å². The fourth-order valence-corrected chi connectivity index (χ4v) is 1.30. The lowest BCUT2D eigenvalue weighted by atomic mass is 10.8. The van der Waals surface area contributed by atoms with Gasteiger partial charge >= 0.3 is 5.95 Å². The van der Waals surface area contributed by atoms with Crippen molar-refractivity contribution < 1.29 is 13.9 Å². The summed E-state index contributed by atoms with van der Waals surface area (Å²) in [6.45, 7) is 8.81. The van der Waals surface area contributed by atoms with Crippen LogP contribution in [0.4, 0.5) is 0 Å². The van der Waals surface area contributed by atoms with E-state index in [0.717, 1.165) is 0 Å².